The van der Waals surface area contributed by atoms with Crippen LogP contribution in [0.15, 0.2) is 12.4 Å². The van der Waals surface area contributed by atoms with Gasteiger partial charge in [0.05, 0.1) is 18.3 Å². The summed E-state index contributed by atoms with van der Waals surface area (Å²) in [7, 11) is 1.58. The number of nitrogens with two attached hydrogens (primary N) is 1. The lowest BCUT2D eigenvalue weighted by Crippen LogP contribution is -2.24. The molecule has 0 aliphatic heterocycles. The molecule has 0 aliphatic carbocycles. The Balaban J connectivity index is 2.92. The third-order valence-electron chi connectivity index (χ3n) is 1.38. The molecule has 0 fully saturated rings. The van der Waals surface area contributed by atoms with Crippen LogP contribution in [0.4, 0.5) is 8.78 Å². The second-order valence-corrected chi connectivity index (χ2v) is 2.31. The lowest BCUT2D eigenvalue weighted by Gasteiger charge is -2.09. The summed E-state index contributed by atoms with van der Waals surface area (Å²) in [5, 5.41) is 3.61. The van der Waals surface area contributed by atoms with Crippen molar-refractivity contribution in [3.05, 3.63) is 18.0 Å². The van der Waals surface area contributed by atoms with Crippen molar-refractivity contribution < 1.29 is 8.78 Å². The molecule has 1 rings (SSSR count). The van der Waals surface area contributed by atoms with Crippen LogP contribution >= 0.6 is 0 Å². The number of halogens is 2. The number of hydrogen-bond acceptors (Lipinski definition) is 2. The third-order valence-corrected chi connectivity index (χ3v) is 1.38. The van der Waals surface area contributed by atoms with Crippen LogP contribution in [0.25, 0.3) is 0 Å². The van der Waals surface area contributed by atoms with E-state index in [-0.39, 0.29) is 5.56 Å². The Morgan fingerprint density at radius 3 is 2.73 bits per heavy atom. The molecule has 0 saturated heterocycles. The normalized spacial score (nSPS) is 12.0. The maximum Gasteiger partial charge on any atom is 0.288 e. The van der Waals surface area contributed by atoms with E-state index in [2.05, 4.69) is 5.10 Å². The van der Waals surface area contributed by atoms with Gasteiger partial charge in [-0.05, 0) is 0 Å². The highest BCUT2D eigenvalue weighted by Crippen LogP contribution is 2.25. The summed E-state index contributed by atoms with van der Waals surface area (Å²) in [5.74, 6) is -2.95. The molecule has 3 nitrogen and oxygen atoms in total. The van der Waals surface area contributed by atoms with E-state index >= 15 is 0 Å². The predicted molar refractivity (Wildman–Crippen MR) is 36.2 cm³/mol. The second kappa shape index (κ2) is 2.58. The van der Waals surface area contributed by atoms with Gasteiger partial charge in [-0.15, -0.1) is 0 Å². The minimum atomic E-state index is -2.95. The summed E-state index contributed by atoms with van der Waals surface area (Å²) in [5.41, 5.74) is 4.72. The highest BCUT2D eigenvalue weighted by molar-refractivity contribution is 5.11. The molecule has 11 heavy (non-hydrogen) atoms. The summed E-state index contributed by atoms with van der Waals surface area (Å²) in [4.78, 5) is 0. The molecule has 0 spiro atoms. The van der Waals surface area contributed by atoms with Gasteiger partial charge in [-0.3, -0.25) is 4.68 Å². The largest absolute Gasteiger partial charge is 0.325 e. The minimum absolute atomic E-state index is 0.137. The van der Waals surface area contributed by atoms with Gasteiger partial charge in [0.15, 0.2) is 0 Å². The zero-order valence-corrected chi connectivity index (χ0v) is 6.09. The van der Waals surface area contributed by atoms with Gasteiger partial charge in [-0.1, -0.05) is 0 Å². The molecule has 0 bridgehead atoms. The van der Waals surface area contributed by atoms with E-state index in [1.807, 2.05) is 0 Å². The highest BCUT2D eigenvalue weighted by atomic mass is 19.3. The zero-order chi connectivity index (χ0) is 8.48. The van der Waals surface area contributed by atoms with E-state index in [9.17, 15) is 8.78 Å². The first kappa shape index (κ1) is 8.13. The summed E-state index contributed by atoms with van der Waals surface area (Å²) < 4.78 is 26.8. The number of hydrogen-bond donors (Lipinski definition) is 1. The lowest BCUT2D eigenvalue weighted by molar-refractivity contribution is 0.00588. The van der Waals surface area contributed by atoms with Gasteiger partial charge in [0.1, 0.15) is 0 Å². The fourth-order valence-corrected chi connectivity index (χ4v) is 0.728. The van der Waals surface area contributed by atoms with Crippen LogP contribution in [0.5, 0.6) is 0 Å². The molecule has 0 radical (unpaired) electrons. The summed E-state index contributed by atoms with van der Waals surface area (Å²) in [6.45, 7) is -0.682. The standard InChI is InChI=1S/C6H9F2N3/c1-11-3-5(2-10-11)6(7,8)4-9/h2-3H,4,9H2,1H3. The van der Waals surface area contributed by atoms with Gasteiger partial charge < -0.3 is 5.73 Å². The summed E-state index contributed by atoms with van der Waals surface area (Å²) in [6, 6.07) is 0. The fourth-order valence-electron chi connectivity index (χ4n) is 0.728. The second-order valence-electron chi connectivity index (χ2n) is 2.31. The summed E-state index contributed by atoms with van der Waals surface area (Å²) in [6.07, 6.45) is 2.37. The van der Waals surface area contributed by atoms with Crippen LogP contribution in [0.1, 0.15) is 5.56 Å². The first-order chi connectivity index (χ1) is 5.06. The van der Waals surface area contributed by atoms with Crippen molar-refractivity contribution in [1.82, 2.24) is 9.78 Å². The van der Waals surface area contributed by atoms with Crippen LogP contribution in [0.2, 0.25) is 0 Å². The smallest absolute Gasteiger partial charge is 0.288 e. The van der Waals surface area contributed by atoms with Gasteiger partial charge in [0, 0.05) is 13.2 Å². The number of alkyl halides is 2. The topological polar surface area (TPSA) is 43.8 Å². The molecular formula is C6H9F2N3. The van der Waals surface area contributed by atoms with Crippen LogP contribution in [0.3, 0.4) is 0 Å². The van der Waals surface area contributed by atoms with Crippen molar-refractivity contribution in [2.45, 2.75) is 5.92 Å². The molecule has 0 saturated carbocycles. The Labute approximate surface area is 62.8 Å². The molecule has 62 valence electrons. The van der Waals surface area contributed by atoms with Crippen molar-refractivity contribution in [2.24, 2.45) is 12.8 Å². The van der Waals surface area contributed by atoms with Gasteiger partial charge >= 0.3 is 0 Å². The van der Waals surface area contributed by atoms with Crippen LogP contribution in [0, 0.1) is 0 Å². The monoisotopic (exact) mass is 161 g/mol. The average Bonchev–Trinajstić information content (AvgIpc) is 2.36. The van der Waals surface area contributed by atoms with E-state index in [1.165, 1.54) is 10.9 Å². The molecule has 0 aromatic carbocycles. The molecule has 0 unspecified atom stereocenters. The maximum atomic E-state index is 12.7. The number of aromatic nitrogens is 2. The Morgan fingerprint density at radius 1 is 1.73 bits per heavy atom. The molecule has 1 aromatic rings. The zero-order valence-electron chi connectivity index (χ0n) is 6.09. The molecule has 0 aliphatic rings. The van der Waals surface area contributed by atoms with Gasteiger partial charge in [0.2, 0.25) is 0 Å². The Morgan fingerprint density at radius 2 is 2.36 bits per heavy atom. The van der Waals surface area contributed by atoms with Crippen molar-refractivity contribution in [3.8, 4) is 0 Å². The van der Waals surface area contributed by atoms with Crippen molar-refractivity contribution in [2.75, 3.05) is 6.54 Å². The molecule has 1 aromatic heterocycles. The van der Waals surface area contributed by atoms with E-state index in [0.29, 0.717) is 0 Å². The highest BCUT2D eigenvalue weighted by Gasteiger charge is 2.30. The van der Waals surface area contributed by atoms with Crippen molar-refractivity contribution in [3.63, 3.8) is 0 Å². The van der Waals surface area contributed by atoms with Gasteiger partial charge in [-0.25, -0.2) is 0 Å². The average molecular weight is 161 g/mol. The third kappa shape index (κ3) is 1.54. The Bertz CT molecular complexity index is 244. The quantitative estimate of drug-likeness (QED) is 0.685. The Hall–Kier alpha value is -0.970. The van der Waals surface area contributed by atoms with E-state index in [4.69, 9.17) is 5.73 Å². The molecule has 0 amide bonds. The number of rotatable bonds is 2. The lowest BCUT2D eigenvalue weighted by atomic mass is 10.2. The SMILES string of the molecule is Cn1cc(C(F)(F)CN)cn1. The van der Waals surface area contributed by atoms with Gasteiger partial charge in [-0.2, -0.15) is 13.9 Å². The van der Waals surface area contributed by atoms with Crippen LogP contribution in [-0.2, 0) is 13.0 Å². The van der Waals surface area contributed by atoms with E-state index in [0.717, 1.165) is 6.20 Å². The maximum absolute atomic E-state index is 12.7. The fraction of sp³-hybridized carbons (Fsp3) is 0.500. The summed E-state index contributed by atoms with van der Waals surface area (Å²) >= 11 is 0. The number of nitrogens with zero attached hydrogens (tertiary/aromatic N) is 2. The van der Waals surface area contributed by atoms with E-state index < -0.39 is 12.5 Å². The predicted octanol–water partition coefficient (Wildman–Crippen LogP) is 0.471. The van der Waals surface area contributed by atoms with Crippen LogP contribution in [-0.4, -0.2) is 16.3 Å². The van der Waals surface area contributed by atoms with Crippen molar-refractivity contribution in [1.29, 1.82) is 0 Å². The van der Waals surface area contributed by atoms with Crippen LogP contribution < -0.4 is 5.73 Å². The van der Waals surface area contributed by atoms with E-state index in [1.54, 1.807) is 7.05 Å². The molecule has 0 atom stereocenters. The molecule has 5 heteroatoms. The molecule has 2 N–H and O–H groups in total. The number of aryl methyl sites for hydroxylation is 1. The van der Waals surface area contributed by atoms with Crippen molar-refractivity contribution >= 4 is 0 Å². The minimum Gasteiger partial charge on any atom is -0.325 e. The molecule has 1 heterocycles. The first-order valence-electron chi connectivity index (χ1n) is 3.13. The first-order valence-corrected chi connectivity index (χ1v) is 3.13. The molecular weight excluding hydrogens is 152 g/mol. The Kier molecular flexibility index (Phi) is 1.90. The van der Waals surface area contributed by atoms with Gasteiger partial charge in [0.25, 0.3) is 5.92 Å².